The molecule has 1 aromatic carbocycles. The predicted octanol–water partition coefficient (Wildman–Crippen LogP) is 4.49. The molecule has 0 aliphatic rings. The average molecular weight is 278 g/mol. The van der Waals surface area contributed by atoms with Gasteiger partial charge in [0.1, 0.15) is 0 Å². The number of nitrogens with one attached hydrogen (secondary N) is 2. The second-order valence-electron chi connectivity index (χ2n) is 5.44. The van der Waals surface area contributed by atoms with Crippen LogP contribution in [0.15, 0.2) is 24.3 Å². The van der Waals surface area contributed by atoms with Gasteiger partial charge in [0.05, 0.1) is 6.61 Å². The predicted molar refractivity (Wildman–Crippen MR) is 84.2 cm³/mol. The highest BCUT2D eigenvalue weighted by molar-refractivity contribution is 5.84. The molecule has 1 aromatic rings. The standard InChI is InChI=1S/C16H26N2O2/c1-5-20-16(19)18-15-10-8-14(9-11-15)17-13(4)7-6-12(2)3/h8-13,17H,5-7H2,1-4H3,(H,18,19). The van der Waals surface area contributed by atoms with Gasteiger partial charge in [-0.05, 0) is 56.9 Å². The Hall–Kier alpha value is -1.71. The number of ether oxygens (including phenoxy) is 1. The van der Waals surface area contributed by atoms with Gasteiger partial charge in [0.2, 0.25) is 0 Å². The van der Waals surface area contributed by atoms with Crippen molar-refractivity contribution in [2.45, 2.75) is 46.6 Å². The van der Waals surface area contributed by atoms with Crippen molar-refractivity contribution in [1.82, 2.24) is 0 Å². The summed E-state index contributed by atoms with van der Waals surface area (Å²) in [6.45, 7) is 8.82. The molecule has 112 valence electrons. The molecule has 1 atom stereocenters. The van der Waals surface area contributed by atoms with Crippen LogP contribution in [0.3, 0.4) is 0 Å². The van der Waals surface area contributed by atoms with E-state index < -0.39 is 6.09 Å². The Morgan fingerprint density at radius 1 is 1.10 bits per heavy atom. The van der Waals surface area contributed by atoms with Gasteiger partial charge < -0.3 is 10.1 Å². The molecule has 1 amide bonds. The maximum absolute atomic E-state index is 11.3. The third-order valence-corrected chi connectivity index (χ3v) is 3.00. The topological polar surface area (TPSA) is 50.4 Å². The van der Waals surface area contributed by atoms with Crippen molar-refractivity contribution in [3.8, 4) is 0 Å². The molecule has 0 heterocycles. The monoisotopic (exact) mass is 278 g/mol. The van der Waals surface area contributed by atoms with Crippen molar-refractivity contribution < 1.29 is 9.53 Å². The smallest absolute Gasteiger partial charge is 0.411 e. The number of carbonyl (C=O) groups excluding carboxylic acids is 1. The average Bonchev–Trinajstić information content (AvgIpc) is 2.39. The summed E-state index contributed by atoms with van der Waals surface area (Å²) in [5.74, 6) is 0.732. The van der Waals surface area contributed by atoms with Crippen LogP contribution in [0.4, 0.5) is 16.2 Å². The summed E-state index contributed by atoms with van der Waals surface area (Å²) in [6.07, 6.45) is 1.95. The summed E-state index contributed by atoms with van der Waals surface area (Å²) in [5, 5.41) is 6.13. The molecule has 0 aliphatic heterocycles. The van der Waals surface area contributed by atoms with Crippen molar-refractivity contribution in [1.29, 1.82) is 0 Å². The first-order valence-electron chi connectivity index (χ1n) is 7.31. The van der Waals surface area contributed by atoms with E-state index in [1.54, 1.807) is 6.92 Å². The summed E-state index contributed by atoms with van der Waals surface area (Å²) in [6, 6.07) is 8.12. The van der Waals surface area contributed by atoms with E-state index in [4.69, 9.17) is 4.74 Å². The lowest BCUT2D eigenvalue weighted by molar-refractivity contribution is 0.168. The van der Waals surface area contributed by atoms with E-state index in [0.717, 1.165) is 23.7 Å². The van der Waals surface area contributed by atoms with Gasteiger partial charge in [0.25, 0.3) is 0 Å². The molecule has 4 heteroatoms. The fraction of sp³-hybridized carbons (Fsp3) is 0.562. The minimum Gasteiger partial charge on any atom is -0.450 e. The van der Waals surface area contributed by atoms with Crippen molar-refractivity contribution >= 4 is 17.5 Å². The van der Waals surface area contributed by atoms with Crippen LogP contribution in [-0.4, -0.2) is 18.7 Å². The number of carbonyl (C=O) groups is 1. The van der Waals surface area contributed by atoms with Gasteiger partial charge in [0, 0.05) is 17.4 Å². The summed E-state index contributed by atoms with van der Waals surface area (Å²) in [5.41, 5.74) is 1.81. The van der Waals surface area contributed by atoms with Crippen LogP contribution in [-0.2, 0) is 4.74 Å². The number of hydrogen-bond acceptors (Lipinski definition) is 3. The number of amides is 1. The van der Waals surface area contributed by atoms with Crippen molar-refractivity contribution in [2.75, 3.05) is 17.2 Å². The van der Waals surface area contributed by atoms with Crippen molar-refractivity contribution in [3.63, 3.8) is 0 Å². The normalized spacial score (nSPS) is 12.1. The Bertz CT molecular complexity index is 401. The third kappa shape index (κ3) is 6.45. The lowest BCUT2D eigenvalue weighted by atomic mass is 10.0. The first-order valence-corrected chi connectivity index (χ1v) is 7.31. The molecule has 0 spiro atoms. The molecular weight excluding hydrogens is 252 g/mol. The van der Waals surface area contributed by atoms with Crippen LogP contribution < -0.4 is 10.6 Å². The van der Waals surface area contributed by atoms with Crippen molar-refractivity contribution in [3.05, 3.63) is 24.3 Å². The summed E-state index contributed by atoms with van der Waals surface area (Å²) >= 11 is 0. The fourth-order valence-corrected chi connectivity index (χ4v) is 1.87. The van der Waals surface area contributed by atoms with Crippen molar-refractivity contribution in [2.24, 2.45) is 5.92 Å². The van der Waals surface area contributed by atoms with E-state index in [-0.39, 0.29) is 0 Å². The zero-order valence-corrected chi connectivity index (χ0v) is 12.9. The quantitative estimate of drug-likeness (QED) is 0.772. The van der Waals surface area contributed by atoms with Crippen LogP contribution in [0.2, 0.25) is 0 Å². The van der Waals surface area contributed by atoms with Gasteiger partial charge in [-0.25, -0.2) is 4.79 Å². The van der Waals surface area contributed by atoms with E-state index in [1.165, 1.54) is 6.42 Å². The second-order valence-corrected chi connectivity index (χ2v) is 5.44. The Morgan fingerprint density at radius 2 is 1.70 bits per heavy atom. The summed E-state index contributed by atoms with van der Waals surface area (Å²) in [7, 11) is 0. The molecule has 0 saturated heterocycles. The van der Waals surface area contributed by atoms with Gasteiger partial charge in [-0.15, -0.1) is 0 Å². The number of rotatable bonds is 7. The lowest BCUT2D eigenvalue weighted by Crippen LogP contribution is -2.16. The second kappa shape index (κ2) is 8.46. The molecule has 0 aromatic heterocycles. The molecular formula is C16H26N2O2. The first kappa shape index (κ1) is 16.3. The molecule has 1 rings (SSSR count). The number of anilines is 2. The zero-order chi connectivity index (χ0) is 15.0. The van der Waals surface area contributed by atoms with Gasteiger partial charge in [-0.2, -0.15) is 0 Å². The highest BCUT2D eigenvalue weighted by Crippen LogP contribution is 2.16. The van der Waals surface area contributed by atoms with E-state index in [9.17, 15) is 4.79 Å². The van der Waals surface area contributed by atoms with E-state index in [1.807, 2.05) is 24.3 Å². The van der Waals surface area contributed by atoms with Crippen LogP contribution in [0.25, 0.3) is 0 Å². The molecule has 0 radical (unpaired) electrons. The van der Waals surface area contributed by atoms with Gasteiger partial charge >= 0.3 is 6.09 Å². The first-order chi connectivity index (χ1) is 9.51. The van der Waals surface area contributed by atoms with Crippen LogP contribution in [0.5, 0.6) is 0 Å². The Balaban J connectivity index is 2.43. The van der Waals surface area contributed by atoms with Crippen LogP contribution in [0.1, 0.15) is 40.5 Å². The highest BCUT2D eigenvalue weighted by atomic mass is 16.5. The van der Waals surface area contributed by atoms with Gasteiger partial charge in [-0.3, -0.25) is 5.32 Å². The third-order valence-electron chi connectivity index (χ3n) is 3.00. The fourth-order valence-electron chi connectivity index (χ4n) is 1.87. The summed E-state index contributed by atoms with van der Waals surface area (Å²) in [4.78, 5) is 11.3. The van der Waals surface area contributed by atoms with Gasteiger partial charge in [0.15, 0.2) is 0 Å². The maximum atomic E-state index is 11.3. The van der Waals surface area contributed by atoms with E-state index in [2.05, 4.69) is 31.4 Å². The van der Waals surface area contributed by atoms with E-state index in [0.29, 0.717) is 12.6 Å². The molecule has 0 aliphatic carbocycles. The molecule has 0 bridgehead atoms. The molecule has 2 N–H and O–H groups in total. The van der Waals surface area contributed by atoms with Crippen LogP contribution in [0, 0.1) is 5.92 Å². The molecule has 1 unspecified atom stereocenters. The van der Waals surface area contributed by atoms with E-state index >= 15 is 0 Å². The lowest BCUT2D eigenvalue weighted by Gasteiger charge is -2.16. The minimum atomic E-state index is -0.418. The Labute approximate surface area is 121 Å². The molecule has 4 nitrogen and oxygen atoms in total. The zero-order valence-electron chi connectivity index (χ0n) is 12.9. The van der Waals surface area contributed by atoms with Crippen LogP contribution >= 0.6 is 0 Å². The SMILES string of the molecule is CCOC(=O)Nc1ccc(NC(C)CCC(C)C)cc1. The highest BCUT2D eigenvalue weighted by Gasteiger charge is 2.05. The molecule has 0 saturated carbocycles. The van der Waals surface area contributed by atoms with Gasteiger partial charge in [-0.1, -0.05) is 13.8 Å². The largest absolute Gasteiger partial charge is 0.450 e. The number of benzene rings is 1. The molecule has 0 fully saturated rings. The maximum Gasteiger partial charge on any atom is 0.411 e. The Kier molecular flexibility index (Phi) is 6.91. The summed E-state index contributed by atoms with van der Waals surface area (Å²) < 4.78 is 4.83. The minimum absolute atomic E-state index is 0.374. The Morgan fingerprint density at radius 3 is 2.25 bits per heavy atom. The molecule has 20 heavy (non-hydrogen) atoms. The number of hydrogen-bond donors (Lipinski definition) is 2.